The van der Waals surface area contributed by atoms with Gasteiger partial charge in [0, 0.05) is 31.1 Å². The Balaban J connectivity index is 1.58. The fraction of sp³-hybridized carbons (Fsp3) is 0.471. The summed E-state index contributed by atoms with van der Waals surface area (Å²) >= 11 is 0. The molecule has 1 N–H and O–H groups in total. The number of fused-ring (bicyclic) bond motifs is 1. The van der Waals surface area contributed by atoms with Crippen LogP contribution in [0.15, 0.2) is 30.3 Å². The lowest BCUT2D eigenvalue weighted by Crippen LogP contribution is -2.30. The molecule has 0 atom stereocenters. The topological polar surface area (TPSA) is 37.4 Å². The SMILES string of the molecule is COc1cccc2ccc(CNCCN(C)C3CC3)nc12. The van der Waals surface area contributed by atoms with Gasteiger partial charge in [-0.15, -0.1) is 0 Å². The Bertz CT molecular complexity index is 610. The van der Waals surface area contributed by atoms with Crippen molar-refractivity contribution in [2.24, 2.45) is 0 Å². The molecule has 1 aromatic carbocycles. The van der Waals surface area contributed by atoms with Crippen molar-refractivity contribution in [1.29, 1.82) is 0 Å². The molecule has 0 bridgehead atoms. The Hall–Kier alpha value is -1.65. The summed E-state index contributed by atoms with van der Waals surface area (Å²) in [5.74, 6) is 0.836. The maximum Gasteiger partial charge on any atom is 0.145 e. The van der Waals surface area contributed by atoms with Gasteiger partial charge in [-0.1, -0.05) is 18.2 Å². The van der Waals surface area contributed by atoms with E-state index in [1.165, 1.54) is 12.8 Å². The van der Waals surface area contributed by atoms with Crippen LogP contribution in [0.4, 0.5) is 0 Å². The van der Waals surface area contributed by atoms with E-state index in [4.69, 9.17) is 9.72 Å². The van der Waals surface area contributed by atoms with Crippen LogP contribution in [0.3, 0.4) is 0 Å². The van der Waals surface area contributed by atoms with Crippen LogP contribution < -0.4 is 10.1 Å². The Labute approximate surface area is 126 Å². The Morgan fingerprint density at radius 1 is 1.29 bits per heavy atom. The molecule has 1 saturated carbocycles. The van der Waals surface area contributed by atoms with Gasteiger partial charge in [0.2, 0.25) is 0 Å². The lowest BCUT2D eigenvalue weighted by molar-refractivity contribution is 0.321. The number of benzene rings is 1. The zero-order chi connectivity index (χ0) is 14.7. The van der Waals surface area contributed by atoms with Crippen molar-refractivity contribution in [3.8, 4) is 5.75 Å². The zero-order valence-corrected chi connectivity index (χ0v) is 12.8. The van der Waals surface area contributed by atoms with Crippen molar-refractivity contribution in [1.82, 2.24) is 15.2 Å². The molecule has 0 aliphatic heterocycles. The average molecular weight is 285 g/mol. The van der Waals surface area contributed by atoms with E-state index >= 15 is 0 Å². The second kappa shape index (κ2) is 6.41. The van der Waals surface area contributed by atoms with Crippen LogP contribution in [-0.4, -0.2) is 43.2 Å². The molecule has 1 fully saturated rings. The molecule has 0 spiro atoms. The van der Waals surface area contributed by atoms with E-state index in [0.717, 1.165) is 48.0 Å². The van der Waals surface area contributed by atoms with E-state index in [9.17, 15) is 0 Å². The van der Waals surface area contributed by atoms with Crippen molar-refractivity contribution in [3.63, 3.8) is 0 Å². The molecule has 1 aliphatic rings. The smallest absolute Gasteiger partial charge is 0.145 e. The number of rotatable bonds is 7. The van der Waals surface area contributed by atoms with Crippen LogP contribution in [0.5, 0.6) is 5.75 Å². The van der Waals surface area contributed by atoms with E-state index in [1.54, 1.807) is 7.11 Å². The lowest BCUT2D eigenvalue weighted by atomic mass is 10.2. The number of pyridine rings is 1. The molecule has 1 aliphatic carbocycles. The third kappa shape index (κ3) is 3.52. The van der Waals surface area contributed by atoms with Gasteiger partial charge in [0.15, 0.2) is 0 Å². The highest BCUT2D eigenvalue weighted by Gasteiger charge is 2.25. The summed E-state index contributed by atoms with van der Waals surface area (Å²) in [5.41, 5.74) is 2.00. The van der Waals surface area contributed by atoms with Crippen LogP contribution in [0, 0.1) is 0 Å². The molecule has 112 valence electrons. The second-order valence-electron chi connectivity index (χ2n) is 5.72. The van der Waals surface area contributed by atoms with Gasteiger partial charge < -0.3 is 15.0 Å². The molecule has 4 nitrogen and oxygen atoms in total. The molecule has 1 heterocycles. The van der Waals surface area contributed by atoms with Gasteiger partial charge in [-0.3, -0.25) is 0 Å². The molecule has 4 heteroatoms. The lowest BCUT2D eigenvalue weighted by Gasteiger charge is -2.15. The summed E-state index contributed by atoms with van der Waals surface area (Å²) in [6, 6.07) is 11.0. The van der Waals surface area contributed by atoms with Crippen molar-refractivity contribution >= 4 is 10.9 Å². The summed E-state index contributed by atoms with van der Waals surface area (Å²) in [6.07, 6.45) is 2.73. The number of hydrogen-bond donors (Lipinski definition) is 1. The monoisotopic (exact) mass is 285 g/mol. The standard InChI is InChI=1S/C17H23N3O/c1-20(15-8-9-15)11-10-18-12-14-7-6-13-4-3-5-16(21-2)17(13)19-14/h3-7,15,18H,8-12H2,1-2H3. The number of ether oxygens (including phenoxy) is 1. The van der Waals surface area contributed by atoms with Gasteiger partial charge in [-0.2, -0.15) is 0 Å². The number of likely N-dealkylation sites (N-methyl/N-ethyl adjacent to an activating group) is 1. The van der Waals surface area contributed by atoms with E-state index in [1.807, 2.05) is 12.1 Å². The number of nitrogens with one attached hydrogen (secondary N) is 1. The van der Waals surface area contributed by atoms with E-state index < -0.39 is 0 Å². The van der Waals surface area contributed by atoms with Gasteiger partial charge in [0.25, 0.3) is 0 Å². The molecule has 0 saturated heterocycles. The number of hydrogen-bond acceptors (Lipinski definition) is 4. The van der Waals surface area contributed by atoms with Gasteiger partial charge in [-0.25, -0.2) is 4.98 Å². The fourth-order valence-electron chi connectivity index (χ4n) is 2.59. The zero-order valence-electron chi connectivity index (χ0n) is 12.8. The number of methoxy groups -OCH3 is 1. The minimum Gasteiger partial charge on any atom is -0.494 e. The number of aromatic nitrogens is 1. The van der Waals surface area contributed by atoms with Crippen molar-refractivity contribution in [2.45, 2.75) is 25.4 Å². The molecular weight excluding hydrogens is 262 g/mol. The highest BCUT2D eigenvalue weighted by atomic mass is 16.5. The second-order valence-corrected chi connectivity index (χ2v) is 5.72. The predicted molar refractivity (Wildman–Crippen MR) is 85.7 cm³/mol. The van der Waals surface area contributed by atoms with E-state index in [0.29, 0.717) is 0 Å². The van der Waals surface area contributed by atoms with Crippen molar-refractivity contribution < 1.29 is 4.74 Å². The third-order valence-electron chi connectivity index (χ3n) is 4.08. The first-order valence-corrected chi connectivity index (χ1v) is 7.61. The number of nitrogens with zero attached hydrogens (tertiary/aromatic N) is 2. The minimum atomic E-state index is 0.798. The van der Waals surface area contributed by atoms with E-state index in [2.05, 4.69) is 35.5 Å². The Kier molecular flexibility index (Phi) is 4.36. The van der Waals surface area contributed by atoms with Crippen LogP contribution >= 0.6 is 0 Å². The van der Waals surface area contributed by atoms with Gasteiger partial charge in [0.05, 0.1) is 12.8 Å². The highest BCUT2D eigenvalue weighted by molar-refractivity contribution is 5.84. The maximum absolute atomic E-state index is 5.38. The summed E-state index contributed by atoms with van der Waals surface area (Å²) in [6.45, 7) is 2.90. The predicted octanol–water partition coefficient (Wildman–Crippen LogP) is 2.43. The van der Waals surface area contributed by atoms with Crippen LogP contribution in [0.2, 0.25) is 0 Å². The normalized spacial score (nSPS) is 14.8. The Morgan fingerprint density at radius 3 is 2.90 bits per heavy atom. The highest BCUT2D eigenvalue weighted by Crippen LogP contribution is 2.25. The minimum absolute atomic E-state index is 0.798. The fourth-order valence-corrected chi connectivity index (χ4v) is 2.59. The van der Waals surface area contributed by atoms with Gasteiger partial charge >= 0.3 is 0 Å². The molecule has 2 aromatic rings. The molecule has 3 rings (SSSR count). The van der Waals surface area contributed by atoms with Crippen molar-refractivity contribution in [3.05, 3.63) is 36.0 Å². The van der Waals surface area contributed by atoms with Crippen LogP contribution in [-0.2, 0) is 6.54 Å². The molecule has 0 unspecified atom stereocenters. The van der Waals surface area contributed by atoms with Crippen LogP contribution in [0.25, 0.3) is 10.9 Å². The van der Waals surface area contributed by atoms with Gasteiger partial charge in [0.1, 0.15) is 11.3 Å². The van der Waals surface area contributed by atoms with E-state index in [-0.39, 0.29) is 0 Å². The maximum atomic E-state index is 5.38. The molecule has 0 amide bonds. The summed E-state index contributed by atoms with van der Waals surface area (Å²) < 4.78 is 5.38. The average Bonchev–Trinajstić information content (AvgIpc) is 3.35. The summed E-state index contributed by atoms with van der Waals surface area (Å²) in [4.78, 5) is 7.14. The van der Waals surface area contributed by atoms with Gasteiger partial charge in [-0.05, 0) is 32.0 Å². The quantitative estimate of drug-likeness (QED) is 0.793. The third-order valence-corrected chi connectivity index (χ3v) is 4.08. The molecule has 1 aromatic heterocycles. The first kappa shape index (κ1) is 14.3. The molecule has 21 heavy (non-hydrogen) atoms. The van der Waals surface area contributed by atoms with Crippen molar-refractivity contribution in [2.75, 3.05) is 27.2 Å². The summed E-state index contributed by atoms with van der Waals surface area (Å²) in [5, 5.41) is 4.59. The largest absolute Gasteiger partial charge is 0.494 e. The molecule has 0 radical (unpaired) electrons. The Morgan fingerprint density at radius 2 is 2.14 bits per heavy atom. The molecular formula is C17H23N3O. The number of para-hydroxylation sites is 1. The first-order valence-electron chi connectivity index (χ1n) is 7.61. The van der Waals surface area contributed by atoms with Crippen LogP contribution in [0.1, 0.15) is 18.5 Å². The summed E-state index contributed by atoms with van der Waals surface area (Å²) in [7, 11) is 3.90. The first-order chi connectivity index (χ1) is 10.3.